The van der Waals surface area contributed by atoms with E-state index in [9.17, 15) is 18.4 Å². The second kappa shape index (κ2) is 9.43. The standard InChI is InChI=1S/C23H26F2N2O4/c1-4-30-14-23(2,3)20-18(24)11-17(12-19(20)25)26-21(28)31-22(29)27-10-9-15-7-5-6-8-16(15)13-27/h5-8,11-12H,4,9-10,13-14H2,1-3H3,(H,26,28). The van der Waals surface area contributed by atoms with E-state index in [0.717, 1.165) is 23.3 Å². The van der Waals surface area contributed by atoms with Crippen LogP contribution in [0.15, 0.2) is 36.4 Å². The summed E-state index contributed by atoms with van der Waals surface area (Å²) in [6.45, 7) is 6.44. The zero-order valence-electron chi connectivity index (χ0n) is 17.8. The van der Waals surface area contributed by atoms with Crippen LogP contribution in [0.4, 0.5) is 24.1 Å². The molecule has 31 heavy (non-hydrogen) atoms. The highest BCUT2D eigenvalue weighted by molar-refractivity contribution is 5.92. The summed E-state index contributed by atoms with van der Waals surface area (Å²) in [7, 11) is 0. The van der Waals surface area contributed by atoms with Gasteiger partial charge in [0.05, 0.1) is 6.61 Å². The second-order valence-corrected chi connectivity index (χ2v) is 8.06. The van der Waals surface area contributed by atoms with Crippen LogP contribution in [-0.4, -0.2) is 36.8 Å². The summed E-state index contributed by atoms with van der Waals surface area (Å²) in [6, 6.07) is 9.71. The number of fused-ring (bicyclic) bond motifs is 1. The van der Waals surface area contributed by atoms with Gasteiger partial charge in [0.25, 0.3) is 0 Å². The van der Waals surface area contributed by atoms with Gasteiger partial charge in [0.1, 0.15) is 11.6 Å². The first kappa shape index (κ1) is 22.7. The Labute approximate surface area is 180 Å². The van der Waals surface area contributed by atoms with Crippen molar-refractivity contribution in [2.75, 3.05) is 25.1 Å². The smallest absolute Gasteiger partial charge is 0.381 e. The molecule has 2 amide bonds. The molecule has 0 radical (unpaired) electrons. The van der Waals surface area contributed by atoms with Gasteiger partial charge in [0.2, 0.25) is 0 Å². The van der Waals surface area contributed by atoms with Crippen molar-refractivity contribution in [1.82, 2.24) is 4.90 Å². The van der Waals surface area contributed by atoms with Gasteiger partial charge in [-0.3, -0.25) is 5.32 Å². The molecule has 0 fully saturated rings. The number of amides is 2. The number of hydrogen-bond acceptors (Lipinski definition) is 4. The maximum atomic E-state index is 14.6. The molecule has 0 bridgehead atoms. The number of nitrogens with one attached hydrogen (secondary N) is 1. The van der Waals surface area contributed by atoms with Crippen LogP contribution in [0, 0.1) is 11.6 Å². The summed E-state index contributed by atoms with van der Waals surface area (Å²) in [4.78, 5) is 25.8. The number of carbonyl (C=O) groups excluding carboxylic acids is 2. The molecule has 0 unspecified atom stereocenters. The first-order valence-corrected chi connectivity index (χ1v) is 10.1. The molecule has 1 aliphatic heterocycles. The lowest BCUT2D eigenvalue weighted by atomic mass is 9.84. The zero-order chi connectivity index (χ0) is 22.6. The van der Waals surface area contributed by atoms with Gasteiger partial charge >= 0.3 is 12.2 Å². The minimum absolute atomic E-state index is 0.136. The Hall–Kier alpha value is -3.00. The minimum Gasteiger partial charge on any atom is -0.381 e. The molecule has 8 heteroatoms. The van der Waals surface area contributed by atoms with Gasteiger partial charge in [0.15, 0.2) is 0 Å². The molecule has 1 aliphatic rings. The second-order valence-electron chi connectivity index (χ2n) is 8.06. The van der Waals surface area contributed by atoms with E-state index in [4.69, 9.17) is 9.47 Å². The summed E-state index contributed by atoms with van der Waals surface area (Å²) in [5.41, 5.74) is 0.953. The topological polar surface area (TPSA) is 67.9 Å². The summed E-state index contributed by atoms with van der Waals surface area (Å²) in [5, 5.41) is 2.21. The minimum atomic E-state index is -1.11. The van der Waals surface area contributed by atoms with Gasteiger partial charge in [-0.1, -0.05) is 38.1 Å². The normalized spacial score (nSPS) is 13.5. The fourth-order valence-corrected chi connectivity index (χ4v) is 3.66. The predicted molar refractivity (Wildman–Crippen MR) is 112 cm³/mol. The average Bonchev–Trinajstić information content (AvgIpc) is 2.71. The van der Waals surface area contributed by atoms with Crippen LogP contribution >= 0.6 is 0 Å². The summed E-state index contributed by atoms with van der Waals surface area (Å²) in [5.74, 6) is -1.64. The predicted octanol–water partition coefficient (Wildman–Crippen LogP) is 5.01. The molecule has 2 aromatic rings. The Morgan fingerprint density at radius 3 is 2.42 bits per heavy atom. The third kappa shape index (κ3) is 5.38. The Morgan fingerprint density at radius 2 is 1.77 bits per heavy atom. The quantitative estimate of drug-likeness (QED) is 0.675. The number of hydrogen-bond donors (Lipinski definition) is 1. The Kier molecular flexibility index (Phi) is 6.90. The highest BCUT2D eigenvalue weighted by Gasteiger charge is 2.29. The van der Waals surface area contributed by atoms with Gasteiger partial charge in [-0.05, 0) is 36.6 Å². The number of nitrogens with zero attached hydrogens (tertiary/aromatic N) is 1. The van der Waals surface area contributed by atoms with Crippen molar-refractivity contribution in [1.29, 1.82) is 0 Å². The van der Waals surface area contributed by atoms with Crippen molar-refractivity contribution in [3.63, 3.8) is 0 Å². The molecule has 0 aromatic heterocycles. The molecular formula is C23H26F2N2O4. The maximum Gasteiger partial charge on any atom is 0.420 e. The molecular weight excluding hydrogens is 406 g/mol. The van der Waals surface area contributed by atoms with Crippen LogP contribution in [0.1, 0.15) is 37.5 Å². The number of anilines is 1. The van der Waals surface area contributed by atoms with Crippen LogP contribution in [0.2, 0.25) is 0 Å². The molecule has 0 saturated carbocycles. The van der Waals surface area contributed by atoms with E-state index >= 15 is 0 Å². The van der Waals surface area contributed by atoms with Gasteiger partial charge < -0.3 is 14.4 Å². The third-order valence-electron chi connectivity index (χ3n) is 5.20. The number of ether oxygens (including phenoxy) is 2. The highest BCUT2D eigenvalue weighted by atomic mass is 19.1. The Bertz CT molecular complexity index is 955. The molecule has 6 nitrogen and oxygen atoms in total. The van der Waals surface area contributed by atoms with Crippen molar-refractivity contribution < 1.29 is 27.8 Å². The fraction of sp³-hybridized carbons (Fsp3) is 0.391. The first-order valence-electron chi connectivity index (χ1n) is 10.1. The van der Waals surface area contributed by atoms with Gasteiger partial charge in [-0.2, -0.15) is 0 Å². The zero-order valence-corrected chi connectivity index (χ0v) is 17.8. The molecule has 2 aromatic carbocycles. The summed E-state index contributed by atoms with van der Waals surface area (Å²) < 4.78 is 39.4. The monoisotopic (exact) mass is 432 g/mol. The Morgan fingerprint density at radius 1 is 1.13 bits per heavy atom. The van der Waals surface area contributed by atoms with E-state index < -0.39 is 29.2 Å². The van der Waals surface area contributed by atoms with E-state index in [1.165, 1.54) is 4.90 Å². The van der Waals surface area contributed by atoms with E-state index in [0.29, 0.717) is 26.1 Å². The fourth-order valence-electron chi connectivity index (χ4n) is 3.66. The van der Waals surface area contributed by atoms with E-state index in [-0.39, 0.29) is 17.9 Å². The van der Waals surface area contributed by atoms with Crippen LogP contribution < -0.4 is 5.32 Å². The third-order valence-corrected chi connectivity index (χ3v) is 5.20. The van der Waals surface area contributed by atoms with Gasteiger partial charge in [0, 0.05) is 36.4 Å². The molecule has 1 heterocycles. The molecule has 166 valence electrons. The van der Waals surface area contributed by atoms with Crippen molar-refractivity contribution in [3.05, 3.63) is 64.7 Å². The van der Waals surface area contributed by atoms with Crippen LogP contribution in [0.3, 0.4) is 0 Å². The molecule has 3 rings (SSSR count). The Balaban J connectivity index is 1.64. The first-order chi connectivity index (χ1) is 14.7. The SMILES string of the molecule is CCOCC(C)(C)c1c(F)cc(NC(=O)OC(=O)N2CCc3ccccc3C2)cc1F. The number of halogens is 2. The van der Waals surface area contributed by atoms with Crippen LogP contribution in [-0.2, 0) is 27.9 Å². The molecule has 0 saturated heterocycles. The summed E-state index contributed by atoms with van der Waals surface area (Å²) in [6.07, 6.45) is -1.27. The summed E-state index contributed by atoms with van der Waals surface area (Å²) >= 11 is 0. The van der Waals surface area contributed by atoms with Crippen molar-refractivity contribution >= 4 is 17.9 Å². The maximum absolute atomic E-state index is 14.6. The molecule has 0 aliphatic carbocycles. The molecule has 1 N–H and O–H groups in total. The van der Waals surface area contributed by atoms with E-state index in [2.05, 4.69) is 5.32 Å². The number of benzene rings is 2. The van der Waals surface area contributed by atoms with E-state index in [1.807, 2.05) is 24.3 Å². The van der Waals surface area contributed by atoms with Crippen LogP contribution in [0.25, 0.3) is 0 Å². The van der Waals surface area contributed by atoms with Gasteiger partial charge in [-0.25, -0.2) is 18.4 Å². The number of rotatable bonds is 5. The van der Waals surface area contributed by atoms with Crippen molar-refractivity contribution in [3.8, 4) is 0 Å². The lowest BCUT2D eigenvalue weighted by Crippen LogP contribution is -2.38. The van der Waals surface area contributed by atoms with Crippen LogP contribution in [0.5, 0.6) is 0 Å². The lowest BCUT2D eigenvalue weighted by molar-refractivity contribution is 0.102. The molecule has 0 atom stereocenters. The lowest BCUT2D eigenvalue weighted by Gasteiger charge is -2.27. The largest absolute Gasteiger partial charge is 0.420 e. The van der Waals surface area contributed by atoms with Crippen molar-refractivity contribution in [2.24, 2.45) is 0 Å². The average molecular weight is 432 g/mol. The highest BCUT2D eigenvalue weighted by Crippen LogP contribution is 2.31. The molecule has 0 spiro atoms. The number of carbonyl (C=O) groups is 2. The van der Waals surface area contributed by atoms with Crippen molar-refractivity contribution in [2.45, 2.75) is 39.2 Å². The van der Waals surface area contributed by atoms with E-state index in [1.54, 1.807) is 20.8 Å². The van der Waals surface area contributed by atoms with Gasteiger partial charge in [-0.15, -0.1) is 0 Å².